The van der Waals surface area contributed by atoms with E-state index < -0.39 is 18.7 Å². The van der Waals surface area contributed by atoms with Crippen LogP contribution in [0.15, 0.2) is 59.2 Å². The van der Waals surface area contributed by atoms with E-state index in [9.17, 15) is 14.0 Å². The van der Waals surface area contributed by atoms with Gasteiger partial charge in [-0.05, 0) is 30.2 Å². The Bertz CT molecular complexity index is 1130. The molecule has 8 heteroatoms. The molecular formula is C25H27FN2O5. The summed E-state index contributed by atoms with van der Waals surface area (Å²) in [6.45, 7) is 0.977. The fourth-order valence-electron chi connectivity index (χ4n) is 4.24. The van der Waals surface area contributed by atoms with Gasteiger partial charge in [-0.25, -0.2) is 9.18 Å². The van der Waals surface area contributed by atoms with Crippen molar-refractivity contribution < 1.29 is 28.2 Å². The van der Waals surface area contributed by atoms with Gasteiger partial charge < -0.3 is 19.2 Å². The van der Waals surface area contributed by atoms with E-state index in [-0.39, 0.29) is 18.4 Å². The average molecular weight is 454 g/mol. The van der Waals surface area contributed by atoms with Gasteiger partial charge >= 0.3 is 5.97 Å². The van der Waals surface area contributed by atoms with Crippen molar-refractivity contribution in [3.05, 3.63) is 65.9 Å². The molecule has 2 aromatic carbocycles. The Labute approximate surface area is 191 Å². The summed E-state index contributed by atoms with van der Waals surface area (Å²) in [5.74, 6) is -0.756. The fraction of sp³-hybridized carbons (Fsp3) is 0.360. The average Bonchev–Trinajstić information content (AvgIpc) is 3.41. The van der Waals surface area contributed by atoms with Crippen LogP contribution in [0.25, 0.3) is 11.0 Å². The number of aliphatic carboxylic acids is 1. The first kappa shape index (κ1) is 22.8. The van der Waals surface area contributed by atoms with Crippen molar-refractivity contribution in [2.75, 3.05) is 33.3 Å². The number of carboxylic acids is 1. The molecule has 0 unspecified atom stereocenters. The van der Waals surface area contributed by atoms with Crippen LogP contribution >= 0.6 is 0 Å². The lowest BCUT2D eigenvalue weighted by molar-refractivity contribution is -0.139. The van der Waals surface area contributed by atoms with Gasteiger partial charge in [0.15, 0.2) is 6.61 Å². The number of furan rings is 1. The minimum atomic E-state index is -1.07. The zero-order chi connectivity index (χ0) is 23.4. The molecule has 0 spiro atoms. The van der Waals surface area contributed by atoms with Crippen molar-refractivity contribution in [3.63, 3.8) is 0 Å². The Balaban J connectivity index is 1.56. The fourth-order valence-corrected chi connectivity index (χ4v) is 4.24. The maximum Gasteiger partial charge on any atom is 0.341 e. The molecule has 1 aliphatic rings. The minimum Gasteiger partial charge on any atom is -0.482 e. The molecule has 1 N–H and O–H groups in total. The number of carbonyl (C=O) groups is 2. The second-order valence-corrected chi connectivity index (χ2v) is 8.35. The summed E-state index contributed by atoms with van der Waals surface area (Å²) in [4.78, 5) is 27.8. The summed E-state index contributed by atoms with van der Waals surface area (Å²) in [7, 11) is 1.74. The summed E-state index contributed by atoms with van der Waals surface area (Å²) in [5, 5.41) is 9.80. The van der Waals surface area contributed by atoms with Gasteiger partial charge in [0.2, 0.25) is 5.91 Å². The van der Waals surface area contributed by atoms with Crippen LogP contribution in [0.2, 0.25) is 0 Å². The third-order valence-electron chi connectivity index (χ3n) is 6.01. The van der Waals surface area contributed by atoms with Crippen molar-refractivity contribution in [2.45, 2.75) is 25.1 Å². The Morgan fingerprint density at radius 2 is 2.09 bits per heavy atom. The lowest BCUT2D eigenvalue weighted by Crippen LogP contribution is -2.39. The second kappa shape index (κ2) is 10.0. The maximum absolute atomic E-state index is 13.8. The first-order chi connectivity index (χ1) is 15.9. The van der Waals surface area contributed by atoms with Crippen LogP contribution in [-0.4, -0.2) is 66.2 Å². The number of fused-ring (bicyclic) bond motifs is 1. The number of benzene rings is 2. The summed E-state index contributed by atoms with van der Waals surface area (Å²) >= 11 is 0. The van der Waals surface area contributed by atoms with Crippen molar-refractivity contribution >= 4 is 22.8 Å². The molecule has 1 fully saturated rings. The topological polar surface area (TPSA) is 83.2 Å². The summed E-state index contributed by atoms with van der Waals surface area (Å²) in [6, 6.07) is 14.3. The normalized spacial score (nSPS) is 17.2. The van der Waals surface area contributed by atoms with E-state index in [0.717, 1.165) is 22.1 Å². The van der Waals surface area contributed by atoms with Crippen LogP contribution in [0, 0.1) is 0 Å². The molecule has 3 aromatic rings. The number of halogens is 1. The van der Waals surface area contributed by atoms with Crippen molar-refractivity contribution in [3.8, 4) is 5.75 Å². The highest BCUT2D eigenvalue weighted by Gasteiger charge is 2.29. The van der Waals surface area contributed by atoms with Gasteiger partial charge in [-0.1, -0.05) is 30.3 Å². The Kier molecular flexibility index (Phi) is 6.93. The van der Waals surface area contributed by atoms with Gasteiger partial charge in [0.25, 0.3) is 0 Å². The molecule has 1 aromatic heterocycles. The predicted octanol–water partition coefficient (Wildman–Crippen LogP) is 3.68. The molecule has 1 amide bonds. The molecule has 0 saturated carbocycles. The number of amides is 1. The molecule has 0 aliphatic carbocycles. The molecule has 0 bridgehead atoms. The summed E-state index contributed by atoms with van der Waals surface area (Å²) in [6.07, 6.45) is 1.40. The highest BCUT2D eigenvalue weighted by Crippen LogP contribution is 2.28. The van der Waals surface area contributed by atoms with Gasteiger partial charge in [-0.3, -0.25) is 9.69 Å². The molecular weight excluding hydrogens is 427 g/mol. The number of hydrogen-bond donors (Lipinski definition) is 1. The van der Waals surface area contributed by atoms with Gasteiger partial charge in [0, 0.05) is 37.6 Å². The van der Waals surface area contributed by atoms with Crippen LogP contribution in [0.4, 0.5) is 4.39 Å². The van der Waals surface area contributed by atoms with E-state index in [4.69, 9.17) is 14.3 Å². The Morgan fingerprint density at radius 3 is 2.85 bits per heavy atom. The van der Waals surface area contributed by atoms with Crippen LogP contribution < -0.4 is 4.74 Å². The van der Waals surface area contributed by atoms with Crippen LogP contribution in [0.5, 0.6) is 5.75 Å². The van der Waals surface area contributed by atoms with Gasteiger partial charge in [-0.15, -0.1) is 0 Å². The number of para-hydroxylation sites is 1. The first-order valence-electron chi connectivity index (χ1n) is 10.9. The van der Waals surface area contributed by atoms with Gasteiger partial charge in [0.05, 0.1) is 18.7 Å². The number of likely N-dealkylation sites (N-methyl/N-ethyl adjacent to an activating group) is 1. The van der Waals surface area contributed by atoms with Crippen LogP contribution in [-0.2, 0) is 16.0 Å². The molecule has 4 rings (SSSR count). The Morgan fingerprint density at radius 1 is 1.27 bits per heavy atom. The number of nitrogens with zero attached hydrogens (tertiary/aromatic N) is 2. The number of ether oxygens (including phenoxy) is 1. The molecule has 1 aliphatic heterocycles. The molecule has 7 nitrogen and oxygen atoms in total. The lowest BCUT2D eigenvalue weighted by Gasteiger charge is -2.32. The molecule has 2 atom stereocenters. The number of likely N-dealkylation sites (tertiary alicyclic amines) is 1. The van der Waals surface area contributed by atoms with E-state index in [1.54, 1.807) is 36.4 Å². The molecule has 174 valence electrons. The second-order valence-electron chi connectivity index (χ2n) is 8.35. The van der Waals surface area contributed by atoms with Crippen LogP contribution in [0.3, 0.4) is 0 Å². The molecule has 0 radical (unpaired) electrons. The van der Waals surface area contributed by atoms with E-state index in [2.05, 4.69) is 0 Å². The molecule has 1 saturated heterocycles. The first-order valence-corrected chi connectivity index (χ1v) is 10.9. The van der Waals surface area contributed by atoms with Crippen LogP contribution in [0.1, 0.15) is 23.6 Å². The predicted molar refractivity (Wildman–Crippen MR) is 121 cm³/mol. The number of carbonyl (C=O) groups excluding carboxylic acids is 1. The Hall–Kier alpha value is -3.39. The molecule has 2 heterocycles. The van der Waals surface area contributed by atoms with Crippen molar-refractivity contribution in [1.82, 2.24) is 9.80 Å². The van der Waals surface area contributed by atoms with E-state index in [1.807, 2.05) is 35.2 Å². The third kappa shape index (κ3) is 5.51. The van der Waals surface area contributed by atoms with E-state index in [0.29, 0.717) is 31.8 Å². The molecule has 33 heavy (non-hydrogen) atoms. The number of alkyl halides is 1. The van der Waals surface area contributed by atoms with Crippen molar-refractivity contribution in [2.24, 2.45) is 0 Å². The van der Waals surface area contributed by atoms with Gasteiger partial charge in [-0.2, -0.15) is 0 Å². The maximum atomic E-state index is 13.8. The number of hydrogen-bond acceptors (Lipinski definition) is 5. The smallest absolute Gasteiger partial charge is 0.341 e. The third-order valence-corrected chi connectivity index (χ3v) is 6.01. The standard InChI is InChI=1S/C25H27FN2O5/c1-27(24(29)12-18-15-33-23-8-3-2-7-21(18)23)22(14-28-10-9-19(26)13-28)17-5-4-6-20(11-17)32-16-25(30)31/h2-8,11,15,19,22H,9-10,12-14,16H2,1H3,(H,30,31)/t19-,22-/m1/s1. The van der Waals surface area contributed by atoms with E-state index in [1.165, 1.54) is 0 Å². The summed E-state index contributed by atoms with van der Waals surface area (Å²) in [5.41, 5.74) is 2.34. The number of rotatable bonds is 9. The SMILES string of the molecule is CN(C(=O)Cc1coc2ccccc12)[C@H](CN1CC[C@@H](F)C1)c1cccc(OCC(=O)O)c1. The highest BCUT2D eigenvalue weighted by atomic mass is 19.1. The zero-order valence-electron chi connectivity index (χ0n) is 18.4. The zero-order valence-corrected chi connectivity index (χ0v) is 18.4. The highest BCUT2D eigenvalue weighted by molar-refractivity contribution is 5.87. The van der Waals surface area contributed by atoms with Gasteiger partial charge in [0.1, 0.15) is 17.5 Å². The quantitative estimate of drug-likeness (QED) is 0.531. The largest absolute Gasteiger partial charge is 0.482 e. The van der Waals surface area contributed by atoms with Crippen molar-refractivity contribution in [1.29, 1.82) is 0 Å². The number of carboxylic acid groups (broad SMARTS) is 1. The minimum absolute atomic E-state index is 0.0978. The lowest BCUT2D eigenvalue weighted by atomic mass is 10.0. The monoisotopic (exact) mass is 454 g/mol. The summed E-state index contributed by atoms with van der Waals surface area (Å²) < 4.78 is 24.7. The van der Waals surface area contributed by atoms with E-state index >= 15 is 0 Å².